The predicted octanol–water partition coefficient (Wildman–Crippen LogP) is 1.60. The maximum absolute atomic E-state index is 10.5. The zero-order chi connectivity index (χ0) is 13.9. The molecule has 7 heteroatoms. The molecule has 0 aliphatic carbocycles. The Hall–Kier alpha value is -2.57. The average molecular weight is 276 g/mol. The highest BCUT2D eigenvalue weighted by atomic mass is 16.6. The fourth-order valence-electron chi connectivity index (χ4n) is 1.85. The Balaban J connectivity index is 1.70. The molecule has 0 radical (unpaired) electrons. The summed E-state index contributed by atoms with van der Waals surface area (Å²) in [5, 5.41) is 16.3. The van der Waals surface area contributed by atoms with E-state index in [0.29, 0.717) is 17.4 Å². The van der Waals surface area contributed by atoms with E-state index in [9.17, 15) is 4.79 Å². The summed E-state index contributed by atoms with van der Waals surface area (Å²) >= 11 is 0. The van der Waals surface area contributed by atoms with Gasteiger partial charge in [0.05, 0.1) is 6.42 Å². The molecule has 0 saturated heterocycles. The number of aryl methyl sites for hydroxylation is 1. The predicted molar refractivity (Wildman–Crippen MR) is 65.6 cm³/mol. The Kier molecular flexibility index (Phi) is 3.24. The normalized spacial score (nSPS) is 16.9. The van der Waals surface area contributed by atoms with Crippen LogP contribution in [0.3, 0.4) is 0 Å². The van der Waals surface area contributed by atoms with E-state index in [4.69, 9.17) is 19.0 Å². The zero-order valence-corrected chi connectivity index (χ0v) is 10.5. The first-order chi connectivity index (χ1) is 9.72. The second-order valence-electron chi connectivity index (χ2n) is 4.29. The van der Waals surface area contributed by atoms with Crippen molar-refractivity contribution in [3.8, 4) is 11.5 Å². The summed E-state index contributed by atoms with van der Waals surface area (Å²) in [5.41, 5.74) is 0. The molecule has 1 aromatic heterocycles. The second-order valence-corrected chi connectivity index (χ2v) is 4.29. The van der Waals surface area contributed by atoms with Gasteiger partial charge in [0.1, 0.15) is 6.61 Å². The molecule has 0 saturated carbocycles. The van der Waals surface area contributed by atoms with E-state index < -0.39 is 12.1 Å². The molecule has 1 N–H and O–H groups in total. The highest BCUT2D eigenvalue weighted by molar-refractivity contribution is 5.66. The van der Waals surface area contributed by atoms with Crippen molar-refractivity contribution >= 4 is 5.97 Å². The van der Waals surface area contributed by atoms with Gasteiger partial charge in [0.25, 0.3) is 5.89 Å². The molecule has 20 heavy (non-hydrogen) atoms. The van der Waals surface area contributed by atoms with E-state index in [1.165, 1.54) is 0 Å². The minimum atomic E-state index is -0.907. The molecule has 1 aliphatic heterocycles. The molecule has 1 unspecified atom stereocenters. The molecule has 7 nitrogen and oxygen atoms in total. The van der Waals surface area contributed by atoms with Crippen LogP contribution in [0.5, 0.6) is 11.5 Å². The number of rotatable bonds is 4. The van der Waals surface area contributed by atoms with Crippen molar-refractivity contribution in [2.75, 3.05) is 6.61 Å². The molecule has 0 bridgehead atoms. The number of hydrogen-bond donors (Lipinski definition) is 1. The summed E-state index contributed by atoms with van der Waals surface area (Å²) in [6.45, 7) is 0.275. The van der Waals surface area contributed by atoms with E-state index >= 15 is 0 Å². The minimum Gasteiger partial charge on any atom is -0.485 e. The fourth-order valence-corrected chi connectivity index (χ4v) is 1.85. The van der Waals surface area contributed by atoms with Gasteiger partial charge in [0.15, 0.2) is 11.5 Å². The average Bonchev–Trinajstić information content (AvgIpc) is 2.93. The van der Waals surface area contributed by atoms with Crippen molar-refractivity contribution in [3.63, 3.8) is 0 Å². The second kappa shape index (κ2) is 5.20. The van der Waals surface area contributed by atoms with Crippen molar-refractivity contribution in [2.24, 2.45) is 0 Å². The molecule has 0 spiro atoms. The van der Waals surface area contributed by atoms with Gasteiger partial charge in [-0.3, -0.25) is 4.79 Å². The number of aliphatic carboxylic acids is 1. The lowest BCUT2D eigenvalue weighted by molar-refractivity contribution is -0.137. The molecular weight excluding hydrogens is 264 g/mol. The molecule has 1 atom stereocenters. The standard InChI is InChI=1S/C13H12N2O5/c16-12(17)6-5-11-14-15-13(20-11)10-7-18-8-3-1-2-4-9(8)19-10/h1-4,10H,5-7H2,(H,16,17). The van der Waals surface area contributed by atoms with Crippen LogP contribution in [-0.2, 0) is 11.2 Å². The first-order valence-electron chi connectivity index (χ1n) is 6.15. The van der Waals surface area contributed by atoms with Crippen LogP contribution in [0.15, 0.2) is 28.7 Å². The first-order valence-corrected chi connectivity index (χ1v) is 6.15. The van der Waals surface area contributed by atoms with E-state index in [2.05, 4.69) is 10.2 Å². The molecule has 0 fully saturated rings. The van der Waals surface area contributed by atoms with Crippen LogP contribution in [0.25, 0.3) is 0 Å². The lowest BCUT2D eigenvalue weighted by Crippen LogP contribution is -2.21. The zero-order valence-electron chi connectivity index (χ0n) is 10.5. The third-order valence-electron chi connectivity index (χ3n) is 2.82. The van der Waals surface area contributed by atoms with Crippen molar-refractivity contribution in [2.45, 2.75) is 18.9 Å². The third kappa shape index (κ3) is 2.56. The molecule has 2 aromatic rings. The summed E-state index contributed by atoms with van der Waals surface area (Å²) in [4.78, 5) is 10.5. The molecule has 0 amide bonds. The molecule has 2 heterocycles. The minimum absolute atomic E-state index is 0.0491. The smallest absolute Gasteiger partial charge is 0.303 e. The van der Waals surface area contributed by atoms with Gasteiger partial charge in [0.2, 0.25) is 12.0 Å². The molecular formula is C13H12N2O5. The number of carbonyl (C=O) groups is 1. The summed E-state index contributed by atoms with van der Waals surface area (Å²) in [5.74, 6) is 0.962. The van der Waals surface area contributed by atoms with Crippen LogP contribution >= 0.6 is 0 Å². The highest BCUT2D eigenvalue weighted by Crippen LogP contribution is 2.35. The summed E-state index contributed by atoms with van der Waals surface area (Å²) < 4.78 is 16.7. The van der Waals surface area contributed by atoms with Gasteiger partial charge in [-0.05, 0) is 12.1 Å². The lowest BCUT2D eigenvalue weighted by atomic mass is 10.2. The fraction of sp³-hybridized carbons (Fsp3) is 0.308. The number of carboxylic acid groups (broad SMARTS) is 1. The molecule has 104 valence electrons. The lowest BCUT2D eigenvalue weighted by Gasteiger charge is -2.23. The van der Waals surface area contributed by atoms with Crippen LogP contribution < -0.4 is 9.47 Å². The Bertz CT molecular complexity index is 625. The number of hydrogen-bond acceptors (Lipinski definition) is 6. The van der Waals surface area contributed by atoms with Crippen molar-refractivity contribution in [3.05, 3.63) is 36.0 Å². The number of carboxylic acids is 1. The van der Waals surface area contributed by atoms with Crippen molar-refractivity contribution in [1.82, 2.24) is 10.2 Å². The van der Waals surface area contributed by atoms with Crippen molar-refractivity contribution < 1.29 is 23.8 Å². The number of ether oxygens (including phenoxy) is 2. The first kappa shape index (κ1) is 12.5. The highest BCUT2D eigenvalue weighted by Gasteiger charge is 2.27. The van der Waals surface area contributed by atoms with E-state index in [1.54, 1.807) is 6.07 Å². The van der Waals surface area contributed by atoms with Crippen LogP contribution in [-0.4, -0.2) is 27.9 Å². The van der Waals surface area contributed by atoms with Crippen LogP contribution in [0.2, 0.25) is 0 Å². The number of fused-ring (bicyclic) bond motifs is 1. The number of benzene rings is 1. The van der Waals surface area contributed by atoms with Crippen LogP contribution in [0.1, 0.15) is 24.3 Å². The van der Waals surface area contributed by atoms with E-state index in [0.717, 1.165) is 0 Å². The number of aromatic nitrogens is 2. The summed E-state index contributed by atoms with van der Waals surface area (Å²) in [7, 11) is 0. The topological polar surface area (TPSA) is 94.7 Å². The molecule has 1 aromatic carbocycles. The summed E-state index contributed by atoms with van der Waals surface area (Å²) in [6.07, 6.45) is -0.324. The van der Waals surface area contributed by atoms with Crippen molar-refractivity contribution in [1.29, 1.82) is 0 Å². The monoisotopic (exact) mass is 276 g/mol. The van der Waals surface area contributed by atoms with Gasteiger partial charge in [-0.2, -0.15) is 0 Å². The van der Waals surface area contributed by atoms with E-state index in [1.807, 2.05) is 18.2 Å². The Morgan fingerprint density at radius 3 is 2.90 bits per heavy atom. The van der Waals surface area contributed by atoms with Gasteiger partial charge in [0, 0.05) is 6.42 Å². The van der Waals surface area contributed by atoms with Gasteiger partial charge in [-0.25, -0.2) is 0 Å². The maximum Gasteiger partial charge on any atom is 0.303 e. The third-order valence-corrected chi connectivity index (χ3v) is 2.82. The quantitative estimate of drug-likeness (QED) is 0.906. The van der Waals surface area contributed by atoms with Gasteiger partial charge >= 0.3 is 5.97 Å². The Morgan fingerprint density at radius 2 is 2.10 bits per heavy atom. The SMILES string of the molecule is O=C(O)CCc1nnc(C2COc3ccccc3O2)o1. The molecule has 3 rings (SSSR count). The maximum atomic E-state index is 10.5. The van der Waals surface area contributed by atoms with Gasteiger partial charge in [-0.15, -0.1) is 10.2 Å². The Morgan fingerprint density at radius 1 is 1.30 bits per heavy atom. The largest absolute Gasteiger partial charge is 0.485 e. The van der Waals surface area contributed by atoms with Gasteiger partial charge in [-0.1, -0.05) is 12.1 Å². The van der Waals surface area contributed by atoms with Crippen LogP contribution in [0.4, 0.5) is 0 Å². The van der Waals surface area contributed by atoms with Crippen LogP contribution in [0, 0.1) is 0 Å². The number of para-hydroxylation sites is 2. The van der Waals surface area contributed by atoms with E-state index in [-0.39, 0.29) is 25.3 Å². The number of nitrogens with zero attached hydrogens (tertiary/aromatic N) is 2. The van der Waals surface area contributed by atoms with Gasteiger partial charge < -0.3 is 19.0 Å². The Labute approximate surface area is 114 Å². The summed E-state index contributed by atoms with van der Waals surface area (Å²) in [6, 6.07) is 7.32. The molecule has 1 aliphatic rings.